The first-order valence-corrected chi connectivity index (χ1v) is 8.49. The van der Waals surface area contributed by atoms with E-state index in [9.17, 15) is 0 Å². The molecule has 2 aliphatic rings. The van der Waals surface area contributed by atoms with Gasteiger partial charge in [0, 0.05) is 22.1 Å². The average Bonchev–Trinajstić information content (AvgIpc) is 2.96. The van der Waals surface area contributed by atoms with Gasteiger partial charge in [0.2, 0.25) is 0 Å². The zero-order chi connectivity index (χ0) is 13.5. The van der Waals surface area contributed by atoms with E-state index in [0.717, 1.165) is 0 Å². The second kappa shape index (κ2) is 5.15. The Labute approximate surface area is 134 Å². The fraction of sp³-hybridized carbons (Fsp3) is 0.333. The summed E-state index contributed by atoms with van der Waals surface area (Å²) in [5.74, 6) is 0.539. The first-order valence-electron chi connectivity index (χ1n) is 7.41. The third kappa shape index (κ3) is 2.09. The van der Waals surface area contributed by atoms with Crippen molar-refractivity contribution in [1.82, 2.24) is 4.90 Å². The van der Waals surface area contributed by atoms with Gasteiger partial charge in [-0.2, -0.15) is 0 Å². The Hall–Kier alpha value is -0.870. The molecule has 0 amide bonds. The van der Waals surface area contributed by atoms with E-state index < -0.39 is 0 Å². The highest BCUT2D eigenvalue weighted by Crippen LogP contribution is 2.43. The van der Waals surface area contributed by atoms with Gasteiger partial charge in [-0.1, -0.05) is 36.4 Å². The monoisotopic (exact) mass is 379 g/mol. The van der Waals surface area contributed by atoms with Crippen LogP contribution in [-0.4, -0.2) is 18.0 Å². The second-order valence-electron chi connectivity index (χ2n) is 5.89. The van der Waals surface area contributed by atoms with Crippen LogP contribution in [0.25, 0.3) is 0 Å². The summed E-state index contributed by atoms with van der Waals surface area (Å²) < 4.78 is 1.31. The van der Waals surface area contributed by atoms with Gasteiger partial charge in [0.1, 0.15) is 0 Å². The number of halogens is 1. The van der Waals surface area contributed by atoms with E-state index in [-0.39, 0.29) is 0 Å². The second-order valence-corrected chi connectivity index (χ2v) is 7.13. The fourth-order valence-corrected chi connectivity index (χ4v) is 4.20. The van der Waals surface area contributed by atoms with Crippen molar-refractivity contribution in [3.05, 3.63) is 68.8 Å². The molecule has 2 atom stereocenters. The summed E-state index contributed by atoms with van der Waals surface area (Å²) in [6, 6.07) is 18.8. The van der Waals surface area contributed by atoms with E-state index in [1.54, 1.807) is 11.1 Å². The Kier molecular flexibility index (Phi) is 3.31. The van der Waals surface area contributed by atoms with Gasteiger partial charge < -0.3 is 0 Å². The molecule has 1 nitrogen and oxygen atoms in total. The summed E-state index contributed by atoms with van der Waals surface area (Å²) >= 11 is 2.38. The summed E-state index contributed by atoms with van der Waals surface area (Å²) in [7, 11) is 0. The predicted octanol–water partition coefficient (Wildman–Crippen LogP) is 4.57. The molecule has 0 aliphatic carbocycles. The lowest BCUT2D eigenvalue weighted by atomic mass is 9.82. The van der Waals surface area contributed by atoms with E-state index >= 15 is 0 Å². The summed E-state index contributed by atoms with van der Waals surface area (Å²) in [5, 5.41) is 0. The summed E-state index contributed by atoms with van der Waals surface area (Å²) in [6.07, 6.45) is 2.68. The van der Waals surface area contributed by atoms with Crippen molar-refractivity contribution in [3.8, 4) is 0 Å². The first-order chi connectivity index (χ1) is 9.83. The van der Waals surface area contributed by atoms with Gasteiger partial charge in [0.25, 0.3) is 0 Å². The van der Waals surface area contributed by atoms with Crippen LogP contribution in [0.1, 0.15) is 41.5 Å². The highest BCUT2D eigenvalue weighted by atomic mass is 131. The van der Waals surface area contributed by atoms with Crippen LogP contribution in [0.4, 0.5) is 0 Å². The zero-order valence-corrected chi connectivity index (χ0v) is 13.6. The first kappa shape index (κ1) is 12.8. The molecule has 2 aromatic carbocycles. The van der Waals surface area contributed by atoms with Crippen LogP contribution in [0.3, 0.4) is 0 Å². The minimum absolute atomic E-state index is 0.539. The number of nitrogens with zero attached hydrogens (tertiary/aromatic N) is 1. The van der Waals surface area contributed by atoms with E-state index in [0.29, 0.717) is 12.0 Å². The maximum absolute atomic E-state index is 2.69. The molecule has 0 aromatic heterocycles. The van der Waals surface area contributed by atoms with E-state index in [4.69, 9.17) is 0 Å². The van der Waals surface area contributed by atoms with Crippen LogP contribution >= 0.6 is 22.6 Å². The smallest absolute Gasteiger partial charge is 0.0351 e. The Bertz CT molecular complexity index is 620. The number of benzene rings is 2. The lowest BCUT2D eigenvalue weighted by molar-refractivity contribution is 0.230. The van der Waals surface area contributed by atoms with Gasteiger partial charge >= 0.3 is 0 Å². The van der Waals surface area contributed by atoms with Crippen LogP contribution in [-0.2, 0) is 0 Å². The standard InChI is InChI=1S/C18H18IN/c19-14-9-7-13(8-10-14)17-12-20-11-3-6-18(20)16-5-2-1-4-15(16)17/h1-2,4-5,7-10,17-18H,3,6,11-12H2/t17-,18+/m0/s1/i19+4. The van der Waals surface area contributed by atoms with E-state index in [1.165, 1.54) is 35.1 Å². The van der Waals surface area contributed by atoms with Crippen molar-refractivity contribution in [1.29, 1.82) is 0 Å². The SMILES string of the molecule is [131I]c1ccc([C@@H]2CN3CCC[C@@H]3c3ccccc32)cc1. The number of fused-ring (bicyclic) bond motifs is 3. The third-order valence-corrected chi connectivity index (χ3v) is 5.50. The maximum Gasteiger partial charge on any atom is 0.0351 e. The number of hydrogen-bond donors (Lipinski definition) is 0. The molecule has 0 bridgehead atoms. The molecule has 0 radical (unpaired) electrons. The molecular formula is C18H18IN. The minimum Gasteiger partial charge on any atom is -0.295 e. The van der Waals surface area contributed by atoms with Gasteiger partial charge in [-0.15, -0.1) is 0 Å². The van der Waals surface area contributed by atoms with Crippen molar-refractivity contribution >= 4 is 22.6 Å². The highest BCUT2D eigenvalue weighted by molar-refractivity contribution is 14.1. The van der Waals surface area contributed by atoms with Crippen LogP contribution in [0.2, 0.25) is 0 Å². The van der Waals surface area contributed by atoms with E-state index in [2.05, 4.69) is 76.0 Å². The Balaban J connectivity index is 1.80. The number of rotatable bonds is 1. The van der Waals surface area contributed by atoms with Crippen molar-refractivity contribution in [2.45, 2.75) is 24.8 Å². The molecule has 4 rings (SSSR count). The lowest BCUT2D eigenvalue weighted by Gasteiger charge is -2.37. The average molecular weight is 379 g/mol. The van der Waals surface area contributed by atoms with Crippen molar-refractivity contribution < 1.29 is 0 Å². The van der Waals surface area contributed by atoms with Gasteiger partial charge in [0.15, 0.2) is 0 Å². The lowest BCUT2D eigenvalue weighted by Crippen LogP contribution is -2.34. The Morgan fingerprint density at radius 2 is 1.70 bits per heavy atom. The van der Waals surface area contributed by atoms with E-state index in [1.807, 2.05) is 0 Å². The minimum atomic E-state index is 0.539. The molecule has 2 heteroatoms. The molecule has 2 aromatic rings. The normalized spacial score (nSPS) is 25.2. The van der Waals surface area contributed by atoms with Gasteiger partial charge in [-0.05, 0) is 70.8 Å². The molecule has 20 heavy (non-hydrogen) atoms. The molecule has 0 saturated carbocycles. The van der Waals surface area contributed by atoms with Crippen LogP contribution in [0, 0.1) is 3.57 Å². The van der Waals surface area contributed by atoms with Gasteiger partial charge in [-0.3, -0.25) is 4.90 Å². The molecule has 0 unspecified atom stereocenters. The molecule has 0 N–H and O–H groups in total. The Morgan fingerprint density at radius 3 is 2.50 bits per heavy atom. The number of hydrogen-bond acceptors (Lipinski definition) is 1. The summed E-state index contributed by atoms with van der Waals surface area (Å²) in [6.45, 7) is 2.45. The predicted molar refractivity (Wildman–Crippen MR) is 91.0 cm³/mol. The third-order valence-electron chi connectivity index (χ3n) is 4.78. The molecular weight excluding hydrogens is 361 g/mol. The summed E-state index contributed by atoms with van der Waals surface area (Å²) in [5.41, 5.74) is 4.58. The fourth-order valence-electron chi connectivity index (χ4n) is 3.84. The van der Waals surface area contributed by atoms with Crippen molar-refractivity contribution in [3.63, 3.8) is 0 Å². The largest absolute Gasteiger partial charge is 0.295 e. The van der Waals surface area contributed by atoms with Crippen LogP contribution in [0.5, 0.6) is 0 Å². The van der Waals surface area contributed by atoms with Crippen molar-refractivity contribution in [2.24, 2.45) is 0 Å². The molecule has 0 spiro atoms. The highest BCUT2D eigenvalue weighted by Gasteiger charge is 2.35. The Morgan fingerprint density at radius 1 is 0.950 bits per heavy atom. The van der Waals surface area contributed by atoms with Crippen LogP contribution < -0.4 is 0 Å². The van der Waals surface area contributed by atoms with Gasteiger partial charge in [0.05, 0.1) is 0 Å². The molecule has 1 fully saturated rings. The zero-order valence-electron chi connectivity index (χ0n) is 11.4. The molecule has 102 valence electrons. The maximum atomic E-state index is 2.69. The summed E-state index contributed by atoms with van der Waals surface area (Å²) in [4.78, 5) is 2.69. The quantitative estimate of drug-likeness (QED) is 0.656. The molecule has 1 saturated heterocycles. The van der Waals surface area contributed by atoms with Crippen molar-refractivity contribution in [2.75, 3.05) is 13.1 Å². The topological polar surface area (TPSA) is 3.24 Å². The molecule has 2 heterocycles. The molecule has 2 aliphatic heterocycles. The van der Waals surface area contributed by atoms with Crippen LogP contribution in [0.15, 0.2) is 48.5 Å². The van der Waals surface area contributed by atoms with Gasteiger partial charge in [-0.25, -0.2) is 0 Å².